The van der Waals surface area contributed by atoms with Crippen LogP contribution in [0.2, 0.25) is 0 Å². The van der Waals surface area contributed by atoms with E-state index < -0.39 is 6.10 Å². The van der Waals surface area contributed by atoms with Crippen LogP contribution in [0.15, 0.2) is 30.3 Å². The van der Waals surface area contributed by atoms with E-state index in [-0.39, 0.29) is 17.9 Å². The number of carbonyl (C=O) groups is 1. The summed E-state index contributed by atoms with van der Waals surface area (Å²) < 4.78 is 0. The van der Waals surface area contributed by atoms with Crippen LogP contribution in [0.4, 0.5) is 0 Å². The lowest BCUT2D eigenvalue weighted by atomic mass is 9.83. The van der Waals surface area contributed by atoms with E-state index in [1.807, 2.05) is 11.0 Å². The molecular weight excluding hydrogens is 314 g/mol. The van der Waals surface area contributed by atoms with Crippen molar-refractivity contribution in [1.29, 1.82) is 0 Å². The van der Waals surface area contributed by atoms with Crippen molar-refractivity contribution in [3.63, 3.8) is 0 Å². The number of nitrogens with two attached hydrogens (primary N) is 1. The van der Waals surface area contributed by atoms with E-state index in [4.69, 9.17) is 5.73 Å². The molecule has 0 aromatic heterocycles. The monoisotopic (exact) mass is 345 g/mol. The third-order valence-electron chi connectivity index (χ3n) is 5.89. The molecule has 0 spiro atoms. The Morgan fingerprint density at radius 2 is 1.88 bits per heavy atom. The molecule has 0 bridgehead atoms. The van der Waals surface area contributed by atoms with Crippen molar-refractivity contribution in [2.24, 2.45) is 11.7 Å². The maximum atomic E-state index is 12.7. The molecule has 5 heteroatoms. The smallest absolute Gasteiger partial charge is 0.225 e. The van der Waals surface area contributed by atoms with Gasteiger partial charge in [-0.15, -0.1) is 0 Å². The summed E-state index contributed by atoms with van der Waals surface area (Å²) in [7, 11) is 2.17. The largest absolute Gasteiger partial charge is 0.391 e. The topological polar surface area (TPSA) is 69.8 Å². The van der Waals surface area contributed by atoms with Gasteiger partial charge in [0.1, 0.15) is 0 Å². The van der Waals surface area contributed by atoms with Crippen LogP contribution in [-0.2, 0) is 11.3 Å². The first-order valence-electron chi connectivity index (χ1n) is 9.51. The minimum atomic E-state index is -0.530. The molecule has 1 heterocycles. The van der Waals surface area contributed by atoms with Gasteiger partial charge in [-0.1, -0.05) is 30.3 Å². The van der Waals surface area contributed by atoms with Gasteiger partial charge in [0.2, 0.25) is 5.91 Å². The zero-order chi connectivity index (χ0) is 17.8. The maximum Gasteiger partial charge on any atom is 0.225 e. The third kappa shape index (κ3) is 4.60. The van der Waals surface area contributed by atoms with E-state index in [2.05, 4.69) is 36.2 Å². The molecule has 3 N–H and O–H groups in total. The standard InChI is InChI=1S/C20H31N3O2/c1-22(14-15-5-3-2-4-6-15)17-9-11-23(12-10-17)20(25)16-7-8-18(21)19(24)13-16/h2-6,16-19,24H,7-14,21H2,1H3/t16-,18-,19-/m0/s1. The average molecular weight is 345 g/mol. The zero-order valence-electron chi connectivity index (χ0n) is 15.2. The Hall–Kier alpha value is -1.43. The highest BCUT2D eigenvalue weighted by Crippen LogP contribution is 2.27. The Balaban J connectivity index is 1.47. The molecule has 1 aromatic rings. The average Bonchev–Trinajstić information content (AvgIpc) is 2.64. The van der Waals surface area contributed by atoms with Crippen LogP contribution in [0.25, 0.3) is 0 Å². The van der Waals surface area contributed by atoms with Gasteiger partial charge in [-0.25, -0.2) is 0 Å². The number of benzene rings is 1. The summed E-state index contributed by atoms with van der Waals surface area (Å²) >= 11 is 0. The summed E-state index contributed by atoms with van der Waals surface area (Å²) in [5, 5.41) is 9.95. The number of nitrogens with zero attached hydrogens (tertiary/aromatic N) is 2. The fraction of sp³-hybridized carbons (Fsp3) is 0.650. The lowest BCUT2D eigenvalue weighted by Gasteiger charge is -2.39. The first-order valence-corrected chi connectivity index (χ1v) is 9.51. The van der Waals surface area contributed by atoms with Crippen molar-refractivity contribution in [3.8, 4) is 0 Å². The number of aliphatic hydroxyl groups excluding tert-OH is 1. The highest BCUT2D eigenvalue weighted by atomic mass is 16.3. The molecule has 0 unspecified atom stereocenters. The SMILES string of the molecule is CN(Cc1ccccc1)C1CCN(C(=O)[C@H]2CC[C@H](N)[C@@H](O)C2)CC1. The van der Waals surface area contributed by atoms with Crippen LogP contribution in [0, 0.1) is 5.92 Å². The number of carbonyl (C=O) groups excluding carboxylic acids is 1. The minimum Gasteiger partial charge on any atom is -0.391 e. The van der Waals surface area contributed by atoms with Crippen LogP contribution < -0.4 is 5.73 Å². The van der Waals surface area contributed by atoms with E-state index in [1.54, 1.807) is 0 Å². The first kappa shape index (κ1) is 18.4. The third-order valence-corrected chi connectivity index (χ3v) is 5.89. The van der Waals surface area contributed by atoms with Gasteiger partial charge in [-0.3, -0.25) is 9.69 Å². The van der Waals surface area contributed by atoms with Crippen molar-refractivity contribution in [3.05, 3.63) is 35.9 Å². The van der Waals surface area contributed by atoms with E-state index >= 15 is 0 Å². The summed E-state index contributed by atoms with van der Waals surface area (Å²) in [6, 6.07) is 10.9. The van der Waals surface area contributed by atoms with Gasteiger partial charge >= 0.3 is 0 Å². The van der Waals surface area contributed by atoms with Crippen LogP contribution in [0.1, 0.15) is 37.7 Å². The Morgan fingerprint density at radius 1 is 1.20 bits per heavy atom. The lowest BCUT2D eigenvalue weighted by molar-refractivity contribution is -0.139. The number of aliphatic hydroxyl groups is 1. The van der Waals surface area contributed by atoms with Gasteiger partial charge in [0.15, 0.2) is 0 Å². The summed E-state index contributed by atoms with van der Waals surface area (Å²) in [6.07, 6.45) is 3.58. The van der Waals surface area contributed by atoms with Crippen molar-refractivity contribution < 1.29 is 9.90 Å². The summed E-state index contributed by atoms with van der Waals surface area (Å²) in [5.74, 6) is 0.170. The van der Waals surface area contributed by atoms with Gasteiger partial charge in [0.05, 0.1) is 6.10 Å². The van der Waals surface area contributed by atoms with Crippen molar-refractivity contribution >= 4 is 5.91 Å². The highest BCUT2D eigenvalue weighted by Gasteiger charge is 2.34. The van der Waals surface area contributed by atoms with Crippen LogP contribution in [-0.4, -0.2) is 59.1 Å². The van der Waals surface area contributed by atoms with E-state index in [0.717, 1.165) is 45.3 Å². The lowest BCUT2D eigenvalue weighted by Crippen LogP contribution is -2.49. The molecule has 138 valence electrons. The first-order chi connectivity index (χ1) is 12.0. The molecule has 1 aliphatic heterocycles. The summed E-state index contributed by atoms with van der Waals surface area (Å²) in [5.41, 5.74) is 7.18. The fourth-order valence-corrected chi connectivity index (χ4v) is 4.18. The zero-order valence-corrected chi connectivity index (χ0v) is 15.2. The quantitative estimate of drug-likeness (QED) is 0.870. The molecular formula is C20H31N3O2. The van der Waals surface area contributed by atoms with Crippen LogP contribution >= 0.6 is 0 Å². The molecule has 3 atom stereocenters. The van der Waals surface area contributed by atoms with Gasteiger partial charge in [-0.05, 0) is 44.7 Å². The molecule has 1 amide bonds. The second kappa shape index (κ2) is 8.30. The van der Waals surface area contributed by atoms with Crippen molar-refractivity contribution in [2.45, 2.75) is 56.8 Å². The molecule has 2 aliphatic rings. The number of likely N-dealkylation sites (tertiary alicyclic amines) is 1. The van der Waals surface area contributed by atoms with Crippen molar-refractivity contribution in [2.75, 3.05) is 20.1 Å². The molecule has 2 fully saturated rings. The molecule has 1 saturated heterocycles. The van der Waals surface area contributed by atoms with Crippen LogP contribution in [0.5, 0.6) is 0 Å². The van der Waals surface area contributed by atoms with E-state index in [0.29, 0.717) is 12.5 Å². The number of rotatable bonds is 4. The Kier molecular flexibility index (Phi) is 6.10. The Bertz CT molecular complexity index is 557. The highest BCUT2D eigenvalue weighted by molar-refractivity contribution is 5.79. The van der Waals surface area contributed by atoms with Gasteiger partial charge in [-0.2, -0.15) is 0 Å². The number of hydrogen-bond donors (Lipinski definition) is 2. The van der Waals surface area contributed by atoms with Crippen molar-refractivity contribution in [1.82, 2.24) is 9.80 Å². The molecule has 1 saturated carbocycles. The number of amides is 1. The Labute approximate surface area is 150 Å². The predicted octanol–water partition coefficient (Wildman–Crippen LogP) is 1.60. The molecule has 5 nitrogen and oxygen atoms in total. The number of piperidine rings is 1. The fourth-order valence-electron chi connectivity index (χ4n) is 4.18. The summed E-state index contributed by atoms with van der Waals surface area (Å²) in [4.78, 5) is 17.1. The van der Waals surface area contributed by atoms with Crippen LogP contribution in [0.3, 0.4) is 0 Å². The summed E-state index contributed by atoms with van der Waals surface area (Å²) in [6.45, 7) is 2.59. The molecule has 0 radical (unpaired) electrons. The minimum absolute atomic E-state index is 0.0478. The molecule has 1 aliphatic carbocycles. The van der Waals surface area contributed by atoms with E-state index in [1.165, 1.54) is 5.56 Å². The predicted molar refractivity (Wildman–Crippen MR) is 98.8 cm³/mol. The second-order valence-electron chi connectivity index (χ2n) is 7.70. The molecule has 25 heavy (non-hydrogen) atoms. The second-order valence-corrected chi connectivity index (χ2v) is 7.70. The van der Waals surface area contributed by atoms with Gasteiger partial charge in [0, 0.05) is 37.6 Å². The van der Waals surface area contributed by atoms with E-state index in [9.17, 15) is 9.90 Å². The Morgan fingerprint density at radius 3 is 2.52 bits per heavy atom. The maximum absolute atomic E-state index is 12.7. The van der Waals surface area contributed by atoms with Gasteiger partial charge < -0.3 is 15.7 Å². The molecule has 1 aromatic carbocycles. The molecule has 3 rings (SSSR count). The normalized spacial score (nSPS) is 28.3. The van der Waals surface area contributed by atoms with Gasteiger partial charge in [0.25, 0.3) is 0 Å². The number of hydrogen-bond acceptors (Lipinski definition) is 4.